The van der Waals surface area contributed by atoms with Gasteiger partial charge in [0.2, 0.25) is 0 Å². The van der Waals surface area contributed by atoms with E-state index in [0.717, 1.165) is 41.6 Å². The summed E-state index contributed by atoms with van der Waals surface area (Å²) in [4.78, 5) is 13.9. The number of rotatable bonds is 4. The van der Waals surface area contributed by atoms with Crippen molar-refractivity contribution in [2.45, 2.75) is 78.3 Å². The van der Waals surface area contributed by atoms with Crippen LogP contribution < -0.4 is 5.32 Å². The third-order valence-electron chi connectivity index (χ3n) is 7.21. The number of carbonyl (C=O) groups excluding carboxylic acids is 1. The van der Waals surface area contributed by atoms with E-state index in [4.69, 9.17) is 23.2 Å². The van der Waals surface area contributed by atoms with Crippen molar-refractivity contribution in [1.29, 1.82) is 0 Å². The molecule has 4 aromatic rings. The quantitative estimate of drug-likeness (QED) is 0.263. The minimum atomic E-state index is -0.483. The first-order valence-corrected chi connectivity index (χ1v) is 13.7. The van der Waals surface area contributed by atoms with Crippen LogP contribution in [-0.2, 0) is 11.8 Å². The number of fused-ring (bicyclic) bond motifs is 2. The van der Waals surface area contributed by atoms with E-state index in [-0.39, 0.29) is 33.5 Å². The lowest BCUT2D eigenvalue weighted by Gasteiger charge is -2.28. The van der Waals surface area contributed by atoms with Crippen LogP contribution in [0.5, 0.6) is 0 Å². The number of benzene rings is 1. The molecule has 3 heterocycles. The highest BCUT2D eigenvalue weighted by atomic mass is 35.5. The van der Waals surface area contributed by atoms with Crippen LogP contribution in [-0.4, -0.2) is 25.3 Å². The van der Waals surface area contributed by atoms with E-state index in [1.165, 1.54) is 17.7 Å². The van der Waals surface area contributed by atoms with Crippen LogP contribution in [0.2, 0.25) is 10.0 Å². The van der Waals surface area contributed by atoms with E-state index in [2.05, 4.69) is 50.1 Å². The summed E-state index contributed by atoms with van der Waals surface area (Å²) in [5.41, 5.74) is 5.97. The van der Waals surface area contributed by atoms with E-state index in [0.29, 0.717) is 16.8 Å². The van der Waals surface area contributed by atoms with Crippen LogP contribution in [0.1, 0.15) is 92.3 Å². The summed E-state index contributed by atoms with van der Waals surface area (Å²) in [7, 11) is 0. The fraction of sp³-hybridized carbons (Fsp3) is 0.414. The summed E-state index contributed by atoms with van der Waals surface area (Å²) in [5.74, 6) is -0.658. The molecule has 9 heteroatoms. The van der Waals surface area contributed by atoms with Gasteiger partial charge in [-0.2, -0.15) is 10.2 Å². The van der Waals surface area contributed by atoms with E-state index < -0.39 is 5.82 Å². The average Bonchev–Trinajstić information content (AvgIpc) is 3.41. The maximum Gasteiger partial charge on any atom is 0.253 e. The lowest BCUT2D eigenvalue weighted by atomic mass is 9.83. The number of carbonyl (C=O) groups is 1. The Hall–Kier alpha value is -2.90. The number of aryl methyl sites for hydroxylation is 2. The lowest BCUT2D eigenvalue weighted by molar-refractivity contribution is 0.0927. The van der Waals surface area contributed by atoms with E-state index in [9.17, 15) is 9.18 Å². The topological polar surface area (TPSA) is 64.2 Å². The number of halogens is 3. The second-order valence-corrected chi connectivity index (χ2v) is 12.2. The Morgan fingerprint density at radius 3 is 2.58 bits per heavy atom. The molecule has 200 valence electrons. The highest BCUT2D eigenvalue weighted by Crippen LogP contribution is 2.40. The Morgan fingerprint density at radius 1 is 1.16 bits per heavy atom. The minimum absolute atomic E-state index is 0.127. The van der Waals surface area contributed by atoms with Crippen molar-refractivity contribution in [3.05, 3.63) is 74.4 Å². The summed E-state index contributed by atoms with van der Waals surface area (Å²) >= 11 is 12.7. The molecule has 0 unspecified atom stereocenters. The zero-order valence-corrected chi connectivity index (χ0v) is 24.0. The molecule has 38 heavy (non-hydrogen) atoms. The highest BCUT2D eigenvalue weighted by Gasteiger charge is 2.32. The Morgan fingerprint density at radius 2 is 1.89 bits per heavy atom. The summed E-state index contributed by atoms with van der Waals surface area (Å²) in [6.07, 6.45) is 6.34. The first-order chi connectivity index (χ1) is 17.9. The Bertz CT molecular complexity index is 1560. The van der Waals surface area contributed by atoms with Gasteiger partial charge in [0.1, 0.15) is 5.82 Å². The smallest absolute Gasteiger partial charge is 0.253 e. The normalized spacial score (nSPS) is 15.8. The maximum atomic E-state index is 14.3. The average molecular weight is 557 g/mol. The maximum absolute atomic E-state index is 14.3. The Balaban J connectivity index is 1.63. The molecule has 0 bridgehead atoms. The summed E-state index contributed by atoms with van der Waals surface area (Å²) in [5, 5.41) is 12.9. The molecule has 0 fully saturated rings. The number of hydrogen-bond acceptors (Lipinski definition) is 3. The van der Waals surface area contributed by atoms with Gasteiger partial charge in [0.05, 0.1) is 50.9 Å². The predicted octanol–water partition coefficient (Wildman–Crippen LogP) is 7.64. The van der Waals surface area contributed by atoms with Gasteiger partial charge in [-0.15, -0.1) is 0 Å². The molecule has 0 radical (unpaired) electrons. The molecule has 6 nitrogen and oxygen atoms in total. The zero-order chi connectivity index (χ0) is 27.5. The van der Waals surface area contributed by atoms with Gasteiger partial charge in [-0.05, 0) is 80.3 Å². The molecule has 1 N–H and O–H groups in total. The first kappa shape index (κ1) is 26.7. The van der Waals surface area contributed by atoms with Crippen LogP contribution in [0, 0.1) is 12.7 Å². The number of hydrogen-bond donors (Lipinski definition) is 1. The van der Waals surface area contributed by atoms with Crippen molar-refractivity contribution in [3.8, 4) is 11.3 Å². The largest absolute Gasteiger partial charge is 0.344 e. The van der Waals surface area contributed by atoms with Crippen molar-refractivity contribution >= 4 is 34.6 Å². The van der Waals surface area contributed by atoms with Crippen molar-refractivity contribution in [2.75, 3.05) is 0 Å². The molecule has 3 aromatic heterocycles. The van der Waals surface area contributed by atoms with Crippen molar-refractivity contribution in [2.24, 2.45) is 0 Å². The molecular formula is C29H32Cl2FN5O. The van der Waals surface area contributed by atoms with Crippen LogP contribution in [0.4, 0.5) is 4.39 Å². The molecule has 1 aromatic carbocycles. The third kappa shape index (κ3) is 4.50. The highest BCUT2D eigenvalue weighted by molar-refractivity contribution is 6.43. The van der Waals surface area contributed by atoms with Gasteiger partial charge in [-0.1, -0.05) is 44.0 Å². The van der Waals surface area contributed by atoms with Gasteiger partial charge in [0, 0.05) is 11.6 Å². The summed E-state index contributed by atoms with van der Waals surface area (Å²) in [6, 6.07) is 4.60. The molecular weight excluding hydrogens is 524 g/mol. The molecule has 0 aliphatic heterocycles. The van der Waals surface area contributed by atoms with E-state index in [1.54, 1.807) is 10.7 Å². The second-order valence-electron chi connectivity index (χ2n) is 11.4. The first-order valence-electron chi connectivity index (χ1n) is 12.9. The van der Waals surface area contributed by atoms with Crippen LogP contribution in [0.15, 0.2) is 30.6 Å². The SMILES string of the molecule is Cc1cc2c(C(C)(C)C)c(C(=O)N[C@H]3CCCc4cnn(C(C)C)c43)cnn2c1-c1cc(F)cc(Cl)c1Cl. The number of aromatic nitrogens is 4. The molecule has 0 saturated carbocycles. The molecule has 0 spiro atoms. The van der Waals surface area contributed by atoms with Crippen molar-refractivity contribution in [3.63, 3.8) is 0 Å². The summed E-state index contributed by atoms with van der Waals surface area (Å²) in [6.45, 7) is 12.3. The van der Waals surface area contributed by atoms with Gasteiger partial charge in [-0.25, -0.2) is 8.91 Å². The van der Waals surface area contributed by atoms with Crippen molar-refractivity contribution < 1.29 is 9.18 Å². The van der Waals surface area contributed by atoms with Crippen LogP contribution in [0.3, 0.4) is 0 Å². The third-order valence-corrected chi connectivity index (χ3v) is 8.02. The van der Waals surface area contributed by atoms with Crippen molar-refractivity contribution in [1.82, 2.24) is 24.7 Å². The number of nitrogens with zero attached hydrogens (tertiary/aromatic N) is 4. The Labute approximate surface area is 232 Å². The molecule has 1 atom stereocenters. The fourth-order valence-electron chi connectivity index (χ4n) is 5.66. The predicted molar refractivity (Wildman–Crippen MR) is 150 cm³/mol. The lowest BCUT2D eigenvalue weighted by Crippen LogP contribution is -2.34. The van der Waals surface area contributed by atoms with Gasteiger partial charge in [0.15, 0.2) is 0 Å². The molecule has 1 aliphatic rings. The molecule has 5 rings (SSSR count). The van der Waals surface area contributed by atoms with Crippen LogP contribution >= 0.6 is 23.2 Å². The Kier molecular flexibility index (Phi) is 6.81. The number of nitrogens with one attached hydrogen (secondary N) is 1. The van der Waals surface area contributed by atoms with Gasteiger partial charge < -0.3 is 5.32 Å². The number of amides is 1. The van der Waals surface area contributed by atoms with Crippen LogP contribution in [0.25, 0.3) is 16.8 Å². The van der Waals surface area contributed by atoms with Gasteiger partial charge in [-0.3, -0.25) is 9.48 Å². The van der Waals surface area contributed by atoms with Gasteiger partial charge >= 0.3 is 0 Å². The standard InChI is InChI=1S/C29H32Cl2FN5O/c1-15(2)36-27-17(13-33-36)8-7-9-22(27)35-28(38)20-14-34-37-23(24(20)29(4,5)6)10-16(3)26(37)19-11-18(32)12-21(30)25(19)31/h10-15,22H,7-9H2,1-6H3,(H,35,38)/t22-/m0/s1. The van der Waals surface area contributed by atoms with E-state index >= 15 is 0 Å². The zero-order valence-electron chi connectivity index (χ0n) is 22.5. The fourth-order valence-corrected chi connectivity index (χ4v) is 6.06. The summed E-state index contributed by atoms with van der Waals surface area (Å²) < 4.78 is 18.1. The monoisotopic (exact) mass is 555 g/mol. The second kappa shape index (κ2) is 9.69. The minimum Gasteiger partial charge on any atom is -0.344 e. The van der Waals surface area contributed by atoms with E-state index in [1.807, 2.05) is 23.9 Å². The molecule has 1 aliphatic carbocycles. The van der Waals surface area contributed by atoms with Gasteiger partial charge in [0.25, 0.3) is 5.91 Å². The molecule has 1 amide bonds. The molecule has 0 saturated heterocycles.